The molecule has 0 saturated carbocycles. The minimum absolute atomic E-state index is 0.122. The Morgan fingerprint density at radius 1 is 1.13 bits per heavy atom. The van der Waals surface area contributed by atoms with E-state index < -0.39 is 16.1 Å². The SMILES string of the molecule is COc1cccc(C(NS(=O)(=O)c2ccc(C)cc2)C(C)=O)c1. The number of sulfonamides is 1. The normalized spacial score (nSPS) is 12.7. The first-order valence-electron chi connectivity index (χ1n) is 7.07. The number of carbonyl (C=O) groups is 1. The summed E-state index contributed by atoms with van der Waals surface area (Å²) in [4.78, 5) is 12.1. The first kappa shape index (κ1) is 17.2. The highest BCUT2D eigenvalue weighted by atomic mass is 32.2. The van der Waals surface area contributed by atoms with Crippen molar-refractivity contribution in [3.8, 4) is 5.75 Å². The van der Waals surface area contributed by atoms with Gasteiger partial charge in [-0.3, -0.25) is 4.79 Å². The first-order chi connectivity index (χ1) is 10.8. The third-order valence-corrected chi connectivity index (χ3v) is 4.88. The van der Waals surface area contributed by atoms with Gasteiger partial charge in [0.15, 0.2) is 5.78 Å². The van der Waals surface area contributed by atoms with Crippen LogP contribution in [0.3, 0.4) is 0 Å². The summed E-state index contributed by atoms with van der Waals surface area (Å²) in [6, 6.07) is 12.3. The van der Waals surface area contributed by atoms with Crippen molar-refractivity contribution in [2.24, 2.45) is 0 Å². The predicted octanol–water partition coefficient (Wildman–Crippen LogP) is 2.61. The lowest BCUT2D eigenvalue weighted by Gasteiger charge is -2.17. The number of carbonyl (C=O) groups excluding carboxylic acids is 1. The van der Waals surface area contributed by atoms with E-state index in [1.807, 2.05) is 6.92 Å². The monoisotopic (exact) mass is 333 g/mol. The Kier molecular flexibility index (Phi) is 5.18. The summed E-state index contributed by atoms with van der Waals surface area (Å²) < 4.78 is 32.6. The minimum Gasteiger partial charge on any atom is -0.497 e. The van der Waals surface area contributed by atoms with E-state index in [2.05, 4.69) is 4.72 Å². The Labute approximate surface area is 136 Å². The van der Waals surface area contributed by atoms with Crippen molar-refractivity contribution in [3.63, 3.8) is 0 Å². The second-order valence-corrected chi connectivity index (χ2v) is 6.97. The van der Waals surface area contributed by atoms with Crippen molar-refractivity contribution in [1.29, 1.82) is 0 Å². The van der Waals surface area contributed by atoms with Gasteiger partial charge in [0.05, 0.1) is 12.0 Å². The molecular formula is C17H19NO4S. The molecule has 1 atom stereocenters. The minimum atomic E-state index is -3.80. The molecule has 0 radical (unpaired) electrons. The second kappa shape index (κ2) is 6.93. The van der Waals surface area contributed by atoms with Crippen LogP contribution in [0.1, 0.15) is 24.1 Å². The molecule has 0 aromatic heterocycles. The maximum Gasteiger partial charge on any atom is 0.241 e. The van der Waals surface area contributed by atoms with Crippen LogP contribution in [0.5, 0.6) is 5.75 Å². The van der Waals surface area contributed by atoms with Gasteiger partial charge in [0.2, 0.25) is 10.0 Å². The number of hydrogen-bond acceptors (Lipinski definition) is 4. The lowest BCUT2D eigenvalue weighted by molar-refractivity contribution is -0.118. The van der Waals surface area contributed by atoms with Gasteiger partial charge in [-0.05, 0) is 43.7 Å². The highest BCUT2D eigenvalue weighted by molar-refractivity contribution is 7.89. The van der Waals surface area contributed by atoms with Crippen LogP contribution in [0, 0.1) is 6.92 Å². The molecule has 5 nitrogen and oxygen atoms in total. The number of ketones is 1. The van der Waals surface area contributed by atoms with E-state index in [4.69, 9.17) is 4.74 Å². The van der Waals surface area contributed by atoms with Crippen LogP contribution >= 0.6 is 0 Å². The van der Waals surface area contributed by atoms with Crippen LogP contribution in [0.25, 0.3) is 0 Å². The molecule has 0 spiro atoms. The van der Waals surface area contributed by atoms with E-state index in [-0.39, 0.29) is 10.7 Å². The maximum absolute atomic E-state index is 12.5. The molecule has 23 heavy (non-hydrogen) atoms. The van der Waals surface area contributed by atoms with Gasteiger partial charge in [-0.2, -0.15) is 4.72 Å². The smallest absolute Gasteiger partial charge is 0.241 e. The molecule has 0 aliphatic carbocycles. The van der Waals surface area contributed by atoms with Crippen molar-refractivity contribution in [1.82, 2.24) is 4.72 Å². The van der Waals surface area contributed by atoms with Crippen molar-refractivity contribution in [2.45, 2.75) is 24.8 Å². The molecule has 6 heteroatoms. The third kappa shape index (κ3) is 4.18. The number of hydrogen-bond donors (Lipinski definition) is 1. The summed E-state index contributed by atoms with van der Waals surface area (Å²) in [5, 5.41) is 0. The average molecular weight is 333 g/mol. The Morgan fingerprint density at radius 2 is 1.78 bits per heavy atom. The summed E-state index contributed by atoms with van der Waals surface area (Å²) in [6.07, 6.45) is 0. The van der Waals surface area contributed by atoms with Crippen LogP contribution in [-0.4, -0.2) is 21.3 Å². The summed E-state index contributed by atoms with van der Waals surface area (Å²) in [5.74, 6) is 0.261. The number of aryl methyl sites for hydroxylation is 1. The number of nitrogens with one attached hydrogen (secondary N) is 1. The molecule has 1 N–H and O–H groups in total. The van der Waals surface area contributed by atoms with Crippen LogP contribution in [0.15, 0.2) is 53.4 Å². The number of benzene rings is 2. The molecule has 0 bridgehead atoms. The quantitative estimate of drug-likeness (QED) is 0.882. The summed E-state index contributed by atoms with van der Waals surface area (Å²) in [5.41, 5.74) is 1.49. The average Bonchev–Trinajstić information content (AvgIpc) is 2.53. The third-order valence-electron chi connectivity index (χ3n) is 3.44. The zero-order chi connectivity index (χ0) is 17.0. The molecule has 122 valence electrons. The maximum atomic E-state index is 12.5. The van der Waals surface area contributed by atoms with Gasteiger partial charge in [-0.1, -0.05) is 29.8 Å². The predicted molar refractivity (Wildman–Crippen MR) is 87.9 cm³/mol. The van der Waals surface area contributed by atoms with Gasteiger partial charge in [-0.15, -0.1) is 0 Å². The number of Topliss-reactive ketones (excluding diaryl/α,β-unsaturated/α-hetero) is 1. The lowest BCUT2D eigenvalue weighted by atomic mass is 10.0. The highest BCUT2D eigenvalue weighted by Gasteiger charge is 2.25. The highest BCUT2D eigenvalue weighted by Crippen LogP contribution is 2.22. The van der Waals surface area contributed by atoms with Crippen molar-refractivity contribution >= 4 is 15.8 Å². The molecule has 2 rings (SSSR count). The van der Waals surface area contributed by atoms with E-state index in [1.165, 1.54) is 26.2 Å². The molecule has 1 unspecified atom stereocenters. The molecule has 0 aliphatic heterocycles. The number of methoxy groups -OCH3 is 1. The van der Waals surface area contributed by atoms with Crippen LogP contribution < -0.4 is 9.46 Å². The number of ether oxygens (including phenoxy) is 1. The Bertz CT molecular complexity index is 798. The topological polar surface area (TPSA) is 72.5 Å². The Morgan fingerprint density at radius 3 is 2.35 bits per heavy atom. The van der Waals surface area contributed by atoms with Crippen molar-refractivity contribution in [2.75, 3.05) is 7.11 Å². The van der Waals surface area contributed by atoms with Gasteiger partial charge >= 0.3 is 0 Å². The molecule has 2 aromatic rings. The van der Waals surface area contributed by atoms with Crippen LogP contribution in [0.2, 0.25) is 0 Å². The van der Waals surface area contributed by atoms with E-state index in [1.54, 1.807) is 36.4 Å². The van der Waals surface area contributed by atoms with E-state index in [9.17, 15) is 13.2 Å². The van der Waals surface area contributed by atoms with Gasteiger partial charge in [-0.25, -0.2) is 8.42 Å². The van der Waals surface area contributed by atoms with Gasteiger partial charge in [0, 0.05) is 0 Å². The van der Waals surface area contributed by atoms with Gasteiger partial charge in [0.25, 0.3) is 0 Å². The van der Waals surface area contributed by atoms with Crippen LogP contribution in [0.4, 0.5) is 0 Å². The molecule has 0 aliphatic rings. The van der Waals surface area contributed by atoms with Crippen molar-refractivity contribution < 1.29 is 17.9 Å². The van der Waals surface area contributed by atoms with Crippen LogP contribution in [-0.2, 0) is 14.8 Å². The fraction of sp³-hybridized carbons (Fsp3) is 0.235. The zero-order valence-corrected chi connectivity index (χ0v) is 14.1. The fourth-order valence-corrected chi connectivity index (χ4v) is 3.39. The van der Waals surface area contributed by atoms with Gasteiger partial charge in [0.1, 0.15) is 11.8 Å². The molecule has 2 aromatic carbocycles. The standard InChI is InChI=1S/C17H19NO4S/c1-12-7-9-16(10-8-12)23(20,21)18-17(13(2)19)14-5-4-6-15(11-14)22-3/h4-11,17-18H,1-3H3. The fourth-order valence-electron chi connectivity index (χ4n) is 2.15. The largest absolute Gasteiger partial charge is 0.497 e. The van der Waals surface area contributed by atoms with Crippen molar-refractivity contribution in [3.05, 3.63) is 59.7 Å². The molecule has 0 amide bonds. The summed E-state index contributed by atoms with van der Waals surface area (Å²) >= 11 is 0. The Hall–Kier alpha value is -2.18. The van der Waals surface area contributed by atoms with Gasteiger partial charge < -0.3 is 4.74 Å². The van der Waals surface area contributed by atoms with E-state index in [0.717, 1.165) is 5.56 Å². The summed E-state index contributed by atoms with van der Waals surface area (Å²) in [7, 11) is -2.29. The molecule has 0 heterocycles. The Balaban J connectivity index is 2.35. The zero-order valence-electron chi connectivity index (χ0n) is 13.2. The first-order valence-corrected chi connectivity index (χ1v) is 8.55. The number of rotatable bonds is 6. The lowest BCUT2D eigenvalue weighted by Crippen LogP contribution is -2.32. The second-order valence-electron chi connectivity index (χ2n) is 5.25. The van der Waals surface area contributed by atoms with E-state index in [0.29, 0.717) is 11.3 Å². The summed E-state index contributed by atoms with van der Waals surface area (Å²) in [6.45, 7) is 3.22. The molecule has 0 fully saturated rings. The molecular weight excluding hydrogens is 314 g/mol. The van der Waals surface area contributed by atoms with E-state index >= 15 is 0 Å². The molecule has 0 saturated heterocycles.